The fourth-order valence-electron chi connectivity index (χ4n) is 3.61. The monoisotopic (exact) mass is 430 g/mol. The second-order valence-corrected chi connectivity index (χ2v) is 8.12. The molecule has 168 valence electrons. The first kappa shape index (κ1) is 24.1. The molecule has 2 heterocycles. The maximum atomic E-state index is 11.9. The van der Waals surface area contributed by atoms with Crippen LogP contribution in [0.4, 0.5) is 13.2 Å². The molecule has 2 fully saturated rings. The Morgan fingerprint density at radius 1 is 1.23 bits per heavy atom. The maximum absolute atomic E-state index is 11.9. The lowest BCUT2D eigenvalue weighted by Crippen LogP contribution is -2.45. The quantitative estimate of drug-likeness (QED) is 0.767. The van der Waals surface area contributed by atoms with Crippen molar-refractivity contribution in [1.82, 2.24) is 10.2 Å². The molecule has 2 aliphatic heterocycles. The van der Waals surface area contributed by atoms with Crippen molar-refractivity contribution in [2.45, 2.75) is 57.5 Å². The van der Waals surface area contributed by atoms with Gasteiger partial charge in [-0.05, 0) is 24.8 Å². The van der Waals surface area contributed by atoms with Crippen molar-refractivity contribution in [1.29, 1.82) is 0 Å². The van der Waals surface area contributed by atoms with Gasteiger partial charge in [0.1, 0.15) is 0 Å². The Morgan fingerprint density at radius 3 is 2.30 bits per heavy atom. The van der Waals surface area contributed by atoms with Gasteiger partial charge in [0.05, 0.1) is 18.2 Å². The van der Waals surface area contributed by atoms with Crippen LogP contribution in [0.15, 0.2) is 30.3 Å². The number of alkyl halides is 3. The molecule has 0 bridgehead atoms. The van der Waals surface area contributed by atoms with Gasteiger partial charge in [-0.2, -0.15) is 13.2 Å². The van der Waals surface area contributed by atoms with Crippen molar-refractivity contribution in [2.24, 2.45) is 5.92 Å². The van der Waals surface area contributed by atoms with Crippen molar-refractivity contribution >= 4 is 11.9 Å². The number of benzene rings is 1. The van der Waals surface area contributed by atoms with E-state index >= 15 is 0 Å². The van der Waals surface area contributed by atoms with Gasteiger partial charge in [-0.25, -0.2) is 4.79 Å². The first-order chi connectivity index (χ1) is 14.0. The molecule has 6 nitrogen and oxygen atoms in total. The van der Waals surface area contributed by atoms with Gasteiger partial charge < -0.3 is 15.2 Å². The molecular formula is C21H29F3N2O4. The lowest BCUT2D eigenvalue weighted by atomic mass is 9.87. The number of hydrogen-bond acceptors (Lipinski definition) is 4. The van der Waals surface area contributed by atoms with E-state index < -0.39 is 12.1 Å². The molecule has 0 aromatic heterocycles. The van der Waals surface area contributed by atoms with Crippen LogP contribution in [0.25, 0.3) is 0 Å². The van der Waals surface area contributed by atoms with Gasteiger partial charge in [0, 0.05) is 25.6 Å². The van der Waals surface area contributed by atoms with Crippen LogP contribution in [0.2, 0.25) is 0 Å². The Labute approximate surface area is 174 Å². The third-order valence-corrected chi connectivity index (χ3v) is 5.34. The highest BCUT2D eigenvalue weighted by atomic mass is 19.4. The third kappa shape index (κ3) is 7.28. The topological polar surface area (TPSA) is 78.9 Å². The molecule has 2 saturated heterocycles. The van der Waals surface area contributed by atoms with Gasteiger partial charge in [-0.1, -0.05) is 44.2 Å². The van der Waals surface area contributed by atoms with E-state index in [4.69, 9.17) is 14.6 Å². The lowest BCUT2D eigenvalue weighted by Gasteiger charge is -2.38. The van der Waals surface area contributed by atoms with Crippen molar-refractivity contribution in [3.05, 3.63) is 35.9 Å². The van der Waals surface area contributed by atoms with E-state index in [1.807, 2.05) is 13.8 Å². The number of carbonyl (C=O) groups is 2. The molecule has 1 aromatic rings. The van der Waals surface area contributed by atoms with Crippen LogP contribution in [0.1, 0.15) is 38.7 Å². The molecule has 1 atom stereocenters. The number of aliphatic carboxylic acids is 1. The molecule has 0 saturated carbocycles. The number of nitrogens with one attached hydrogen (secondary N) is 1. The van der Waals surface area contributed by atoms with Crippen LogP contribution in [0.3, 0.4) is 0 Å². The number of carboxylic acids is 1. The zero-order valence-electron chi connectivity index (χ0n) is 17.2. The molecule has 0 radical (unpaired) electrons. The molecule has 2 aliphatic rings. The van der Waals surface area contributed by atoms with Crippen LogP contribution in [0, 0.1) is 5.92 Å². The van der Waals surface area contributed by atoms with E-state index in [-0.39, 0.29) is 23.5 Å². The number of hydrogen-bond donors (Lipinski definition) is 2. The average molecular weight is 430 g/mol. The summed E-state index contributed by atoms with van der Waals surface area (Å²) in [7, 11) is 0. The predicted octanol–water partition coefficient (Wildman–Crippen LogP) is 3.22. The smallest absolute Gasteiger partial charge is 0.475 e. The fraction of sp³-hybridized carbons (Fsp3) is 0.619. The highest BCUT2D eigenvalue weighted by Crippen LogP contribution is 2.36. The normalized spacial score (nSPS) is 21.2. The molecule has 3 rings (SSSR count). The Morgan fingerprint density at radius 2 is 1.80 bits per heavy atom. The van der Waals surface area contributed by atoms with Crippen LogP contribution in [-0.2, 0) is 20.9 Å². The molecule has 2 N–H and O–H groups in total. The van der Waals surface area contributed by atoms with E-state index in [2.05, 4.69) is 40.5 Å². The van der Waals surface area contributed by atoms with E-state index in [0.717, 1.165) is 38.9 Å². The Hall–Kier alpha value is -2.13. The highest BCUT2D eigenvalue weighted by molar-refractivity contribution is 5.78. The number of piperidine rings is 1. The summed E-state index contributed by atoms with van der Waals surface area (Å²) in [6.07, 6.45) is -1.99. The number of carboxylic acid groups (broad SMARTS) is 1. The van der Waals surface area contributed by atoms with E-state index in [1.165, 1.54) is 5.56 Å². The molecule has 30 heavy (non-hydrogen) atoms. The van der Waals surface area contributed by atoms with Gasteiger partial charge in [-0.3, -0.25) is 9.69 Å². The summed E-state index contributed by atoms with van der Waals surface area (Å²) in [5.74, 6) is -2.58. The van der Waals surface area contributed by atoms with E-state index in [9.17, 15) is 18.0 Å². The standard InChI is InChI=1S/C19H28N2O2.C2HF3O2/c1-15(2)18(22)20-17-12-19(23-14-17)8-10-21(11-9-19)13-16-6-4-3-5-7-16;3-2(4,5)1(6)7/h3-7,15,17H,8-14H2,1-2H3,(H,20,22);(H,6,7). The van der Waals surface area contributed by atoms with Crippen molar-refractivity contribution in [3.8, 4) is 0 Å². The van der Waals surface area contributed by atoms with Crippen molar-refractivity contribution < 1.29 is 32.6 Å². The van der Waals surface area contributed by atoms with Gasteiger partial charge in [-0.15, -0.1) is 0 Å². The lowest BCUT2D eigenvalue weighted by molar-refractivity contribution is -0.192. The summed E-state index contributed by atoms with van der Waals surface area (Å²) >= 11 is 0. The number of amides is 1. The number of rotatable bonds is 4. The van der Waals surface area contributed by atoms with Gasteiger partial charge in [0.2, 0.25) is 5.91 Å². The first-order valence-electron chi connectivity index (χ1n) is 10.0. The zero-order chi connectivity index (χ0) is 22.4. The zero-order valence-corrected chi connectivity index (χ0v) is 17.2. The largest absolute Gasteiger partial charge is 0.490 e. The second-order valence-electron chi connectivity index (χ2n) is 8.12. The van der Waals surface area contributed by atoms with Crippen LogP contribution in [0.5, 0.6) is 0 Å². The number of likely N-dealkylation sites (tertiary alicyclic amines) is 1. The maximum Gasteiger partial charge on any atom is 0.490 e. The number of halogens is 3. The van der Waals surface area contributed by atoms with Crippen molar-refractivity contribution in [3.63, 3.8) is 0 Å². The molecule has 1 amide bonds. The van der Waals surface area contributed by atoms with Gasteiger partial charge in [0.25, 0.3) is 0 Å². The summed E-state index contributed by atoms with van der Waals surface area (Å²) in [5, 5.41) is 10.2. The number of nitrogens with zero attached hydrogens (tertiary/aromatic N) is 1. The number of carbonyl (C=O) groups excluding carboxylic acids is 1. The van der Waals surface area contributed by atoms with E-state index in [0.29, 0.717) is 6.61 Å². The molecule has 1 spiro atoms. The van der Waals surface area contributed by atoms with Crippen LogP contribution < -0.4 is 5.32 Å². The molecule has 0 aliphatic carbocycles. The summed E-state index contributed by atoms with van der Waals surface area (Å²) in [6.45, 7) is 7.69. The number of ether oxygens (including phenoxy) is 1. The minimum absolute atomic E-state index is 0.0118. The summed E-state index contributed by atoms with van der Waals surface area (Å²) < 4.78 is 37.9. The minimum atomic E-state index is -5.08. The Bertz CT molecular complexity index is 702. The average Bonchev–Trinajstić information content (AvgIpc) is 3.06. The molecule has 1 aromatic carbocycles. The van der Waals surface area contributed by atoms with Gasteiger partial charge in [0.15, 0.2) is 0 Å². The molecule has 9 heteroatoms. The Balaban J connectivity index is 0.000000396. The van der Waals surface area contributed by atoms with Crippen LogP contribution in [-0.4, -0.2) is 59.4 Å². The Kier molecular flexibility index (Phi) is 8.25. The van der Waals surface area contributed by atoms with Gasteiger partial charge >= 0.3 is 12.1 Å². The fourth-order valence-corrected chi connectivity index (χ4v) is 3.61. The van der Waals surface area contributed by atoms with Crippen LogP contribution >= 0.6 is 0 Å². The highest BCUT2D eigenvalue weighted by Gasteiger charge is 2.43. The van der Waals surface area contributed by atoms with E-state index in [1.54, 1.807) is 0 Å². The summed E-state index contributed by atoms with van der Waals surface area (Å²) in [4.78, 5) is 23.3. The van der Waals surface area contributed by atoms with Crippen molar-refractivity contribution in [2.75, 3.05) is 19.7 Å². The molecule has 1 unspecified atom stereocenters. The molecular weight excluding hydrogens is 401 g/mol. The summed E-state index contributed by atoms with van der Waals surface area (Å²) in [6, 6.07) is 10.8. The minimum Gasteiger partial charge on any atom is -0.475 e. The SMILES string of the molecule is CC(C)C(=O)NC1COC2(CCN(Cc3ccccc3)CC2)C1.O=C(O)C(F)(F)F. The third-order valence-electron chi connectivity index (χ3n) is 5.34. The summed E-state index contributed by atoms with van der Waals surface area (Å²) in [5.41, 5.74) is 1.36. The second kappa shape index (κ2) is 10.3. The predicted molar refractivity (Wildman–Crippen MR) is 105 cm³/mol. The first-order valence-corrected chi connectivity index (χ1v) is 10.0.